The maximum absolute atomic E-state index is 3.52. The van der Waals surface area contributed by atoms with Crippen LogP contribution >= 0.6 is 0 Å². The Bertz CT molecular complexity index is 272. The van der Waals surface area contributed by atoms with Crippen LogP contribution in [0.1, 0.15) is 38.2 Å². The molecule has 0 aliphatic carbocycles. The fourth-order valence-electron chi connectivity index (χ4n) is 1.86. The third-order valence-corrected chi connectivity index (χ3v) is 2.95. The Balaban J connectivity index is 2.03. The van der Waals surface area contributed by atoms with Gasteiger partial charge in [-0.1, -0.05) is 44.2 Å². The average Bonchev–Trinajstić information content (AvgIpc) is 2.38. The van der Waals surface area contributed by atoms with Gasteiger partial charge in [-0.2, -0.15) is 0 Å². The van der Waals surface area contributed by atoms with Gasteiger partial charge in [-0.05, 0) is 44.0 Å². The molecule has 0 bridgehead atoms. The molecule has 0 spiro atoms. The van der Waals surface area contributed by atoms with Gasteiger partial charge in [0.2, 0.25) is 0 Å². The fourth-order valence-corrected chi connectivity index (χ4v) is 1.86. The van der Waals surface area contributed by atoms with Crippen molar-refractivity contribution in [1.82, 2.24) is 10.6 Å². The number of hydrogen-bond donors (Lipinski definition) is 2. The first-order chi connectivity index (χ1) is 8.34. The highest BCUT2D eigenvalue weighted by Crippen LogP contribution is 2.12. The van der Waals surface area contributed by atoms with Crippen LogP contribution in [0.15, 0.2) is 30.3 Å². The molecular formula is C15H26N2. The minimum atomic E-state index is 0.597. The summed E-state index contributed by atoms with van der Waals surface area (Å²) in [5, 5.41) is 6.94. The molecule has 0 saturated carbocycles. The molecule has 0 aromatic heterocycles. The van der Waals surface area contributed by atoms with Gasteiger partial charge in [-0.25, -0.2) is 0 Å². The van der Waals surface area contributed by atoms with E-state index in [2.05, 4.69) is 54.8 Å². The molecule has 2 N–H and O–H groups in total. The van der Waals surface area contributed by atoms with E-state index in [4.69, 9.17) is 0 Å². The quantitative estimate of drug-likeness (QED) is 0.642. The van der Waals surface area contributed by atoms with E-state index >= 15 is 0 Å². The molecule has 0 heterocycles. The van der Waals surface area contributed by atoms with Crippen molar-refractivity contribution < 1.29 is 0 Å². The first-order valence-electron chi connectivity index (χ1n) is 6.81. The summed E-state index contributed by atoms with van der Waals surface area (Å²) in [5.41, 5.74) is 1.42. The molecule has 1 aromatic rings. The van der Waals surface area contributed by atoms with Crippen molar-refractivity contribution in [2.75, 3.05) is 26.2 Å². The number of rotatable bonds is 9. The highest BCUT2D eigenvalue weighted by atomic mass is 14.9. The lowest BCUT2D eigenvalue weighted by molar-refractivity contribution is 0.567. The van der Waals surface area contributed by atoms with E-state index in [1.807, 2.05) is 0 Å². The van der Waals surface area contributed by atoms with Crippen LogP contribution in [0, 0.1) is 0 Å². The van der Waals surface area contributed by atoms with Crippen molar-refractivity contribution in [2.24, 2.45) is 0 Å². The van der Waals surface area contributed by atoms with Crippen LogP contribution < -0.4 is 10.6 Å². The standard InChI is InChI=1S/C15H26N2/c1-3-10-16-11-7-12-17-13-14(2)15-8-5-4-6-9-15/h4-6,8-9,14,16-17H,3,7,10-13H2,1-2H3. The Morgan fingerprint density at radius 3 is 2.41 bits per heavy atom. The van der Waals surface area contributed by atoms with Crippen molar-refractivity contribution in [3.63, 3.8) is 0 Å². The third-order valence-electron chi connectivity index (χ3n) is 2.95. The second kappa shape index (κ2) is 9.20. The van der Waals surface area contributed by atoms with E-state index in [0.29, 0.717) is 5.92 Å². The van der Waals surface area contributed by atoms with E-state index in [1.54, 1.807) is 0 Å². The summed E-state index contributed by atoms with van der Waals surface area (Å²) in [6.45, 7) is 8.91. The maximum Gasteiger partial charge on any atom is 0.00174 e. The van der Waals surface area contributed by atoms with Gasteiger partial charge in [0.15, 0.2) is 0 Å². The average molecular weight is 234 g/mol. The molecular weight excluding hydrogens is 208 g/mol. The Morgan fingerprint density at radius 1 is 1.00 bits per heavy atom. The maximum atomic E-state index is 3.52. The summed E-state index contributed by atoms with van der Waals surface area (Å²) in [6.07, 6.45) is 2.43. The summed E-state index contributed by atoms with van der Waals surface area (Å²) < 4.78 is 0. The van der Waals surface area contributed by atoms with E-state index in [9.17, 15) is 0 Å². The number of benzene rings is 1. The molecule has 2 heteroatoms. The van der Waals surface area contributed by atoms with Crippen LogP contribution in [0.4, 0.5) is 0 Å². The van der Waals surface area contributed by atoms with Crippen molar-refractivity contribution in [2.45, 2.75) is 32.6 Å². The second-order valence-corrected chi connectivity index (χ2v) is 4.62. The zero-order chi connectivity index (χ0) is 12.3. The summed E-state index contributed by atoms with van der Waals surface area (Å²) in [7, 11) is 0. The van der Waals surface area contributed by atoms with Crippen molar-refractivity contribution in [3.8, 4) is 0 Å². The van der Waals surface area contributed by atoms with Gasteiger partial charge in [0, 0.05) is 6.54 Å². The van der Waals surface area contributed by atoms with E-state index in [1.165, 1.54) is 18.4 Å². The van der Waals surface area contributed by atoms with E-state index < -0.39 is 0 Å². The zero-order valence-corrected chi connectivity index (χ0v) is 11.2. The molecule has 0 radical (unpaired) electrons. The first-order valence-corrected chi connectivity index (χ1v) is 6.81. The van der Waals surface area contributed by atoms with Crippen LogP contribution in [0.5, 0.6) is 0 Å². The summed E-state index contributed by atoms with van der Waals surface area (Å²) in [6, 6.07) is 10.7. The summed E-state index contributed by atoms with van der Waals surface area (Å²) in [5.74, 6) is 0.597. The van der Waals surface area contributed by atoms with Gasteiger partial charge in [0.1, 0.15) is 0 Å². The Morgan fingerprint density at radius 2 is 1.71 bits per heavy atom. The van der Waals surface area contributed by atoms with E-state index in [0.717, 1.165) is 26.2 Å². The SMILES string of the molecule is CCCNCCCNCC(C)c1ccccc1. The Hall–Kier alpha value is -0.860. The predicted octanol–water partition coefficient (Wildman–Crippen LogP) is 2.77. The smallest absolute Gasteiger partial charge is 0.00174 e. The monoisotopic (exact) mass is 234 g/mol. The van der Waals surface area contributed by atoms with Gasteiger partial charge >= 0.3 is 0 Å². The molecule has 0 saturated heterocycles. The van der Waals surface area contributed by atoms with E-state index in [-0.39, 0.29) is 0 Å². The lowest BCUT2D eigenvalue weighted by Crippen LogP contribution is -2.25. The highest BCUT2D eigenvalue weighted by molar-refractivity contribution is 5.18. The number of nitrogens with one attached hydrogen (secondary N) is 2. The normalized spacial score (nSPS) is 12.6. The van der Waals surface area contributed by atoms with Crippen LogP contribution in [-0.4, -0.2) is 26.2 Å². The molecule has 96 valence electrons. The van der Waals surface area contributed by atoms with Gasteiger partial charge in [-0.3, -0.25) is 0 Å². The molecule has 17 heavy (non-hydrogen) atoms. The number of hydrogen-bond acceptors (Lipinski definition) is 2. The molecule has 1 rings (SSSR count). The first kappa shape index (κ1) is 14.2. The van der Waals surface area contributed by atoms with Crippen molar-refractivity contribution in [3.05, 3.63) is 35.9 Å². The molecule has 0 aliphatic rings. The fraction of sp³-hybridized carbons (Fsp3) is 0.600. The lowest BCUT2D eigenvalue weighted by atomic mass is 10.0. The highest BCUT2D eigenvalue weighted by Gasteiger charge is 2.02. The molecule has 1 unspecified atom stereocenters. The van der Waals surface area contributed by atoms with Crippen molar-refractivity contribution in [1.29, 1.82) is 0 Å². The predicted molar refractivity (Wildman–Crippen MR) is 75.5 cm³/mol. The molecule has 0 aliphatic heterocycles. The molecule has 1 aromatic carbocycles. The minimum Gasteiger partial charge on any atom is -0.317 e. The van der Waals surface area contributed by atoms with Crippen LogP contribution in [0.25, 0.3) is 0 Å². The van der Waals surface area contributed by atoms with Gasteiger partial charge in [0.25, 0.3) is 0 Å². The van der Waals surface area contributed by atoms with Crippen LogP contribution in [0.3, 0.4) is 0 Å². The van der Waals surface area contributed by atoms with Gasteiger partial charge in [-0.15, -0.1) is 0 Å². The minimum absolute atomic E-state index is 0.597. The third kappa shape index (κ3) is 6.44. The molecule has 1 atom stereocenters. The lowest BCUT2D eigenvalue weighted by Gasteiger charge is -2.13. The Labute approximate surface area is 106 Å². The van der Waals surface area contributed by atoms with Crippen LogP contribution in [-0.2, 0) is 0 Å². The van der Waals surface area contributed by atoms with Crippen LogP contribution in [0.2, 0.25) is 0 Å². The molecule has 2 nitrogen and oxygen atoms in total. The molecule has 0 fully saturated rings. The summed E-state index contributed by atoms with van der Waals surface area (Å²) in [4.78, 5) is 0. The van der Waals surface area contributed by atoms with Gasteiger partial charge in [0.05, 0.1) is 0 Å². The second-order valence-electron chi connectivity index (χ2n) is 4.62. The zero-order valence-electron chi connectivity index (χ0n) is 11.2. The largest absolute Gasteiger partial charge is 0.317 e. The Kier molecular flexibility index (Phi) is 7.69. The summed E-state index contributed by atoms with van der Waals surface area (Å²) >= 11 is 0. The van der Waals surface area contributed by atoms with Crippen molar-refractivity contribution >= 4 is 0 Å². The topological polar surface area (TPSA) is 24.1 Å². The molecule has 0 amide bonds. The van der Waals surface area contributed by atoms with Gasteiger partial charge < -0.3 is 10.6 Å².